The molecule has 0 aliphatic carbocycles. The smallest absolute Gasteiger partial charge is 0.206 e. The number of nitrogens with zero attached hydrogens (tertiary/aromatic N) is 2. The first-order valence-corrected chi connectivity index (χ1v) is 11.7. The third-order valence-electron chi connectivity index (χ3n) is 5.53. The Bertz CT molecular complexity index is 1110. The molecule has 0 amide bonds. The van der Waals surface area contributed by atoms with Gasteiger partial charge in [0, 0.05) is 17.7 Å². The molecule has 0 fully saturated rings. The van der Waals surface area contributed by atoms with Gasteiger partial charge in [0.25, 0.3) is 0 Å². The number of rotatable bonds is 1. The summed E-state index contributed by atoms with van der Waals surface area (Å²) in [4.78, 5) is 0. The molecule has 2 nitrogen and oxygen atoms in total. The molecule has 0 bridgehead atoms. The van der Waals surface area contributed by atoms with Crippen molar-refractivity contribution >= 4 is 18.4 Å². The Balaban J connectivity index is 2.14. The van der Waals surface area contributed by atoms with Gasteiger partial charge in [-0.3, -0.25) is 0 Å². The van der Waals surface area contributed by atoms with Gasteiger partial charge in [-0.05, 0) is 46.1 Å². The SMILES string of the molecule is Cc1ccc2c(c1-c1cccc[n+]1C)[Si](C)(C)c1c-2ccc(F)c1C#N. The molecule has 0 spiro atoms. The second-order valence-corrected chi connectivity index (χ2v) is 11.7. The van der Waals surface area contributed by atoms with Crippen LogP contribution in [-0.2, 0) is 7.05 Å². The van der Waals surface area contributed by atoms with E-state index in [4.69, 9.17) is 0 Å². The summed E-state index contributed by atoms with van der Waals surface area (Å²) < 4.78 is 16.5. The van der Waals surface area contributed by atoms with Crippen LogP contribution in [-0.4, -0.2) is 8.07 Å². The van der Waals surface area contributed by atoms with Crippen LogP contribution in [0, 0.1) is 24.1 Å². The van der Waals surface area contributed by atoms with E-state index in [0.29, 0.717) is 0 Å². The fourth-order valence-electron chi connectivity index (χ4n) is 4.38. The highest BCUT2D eigenvalue weighted by Gasteiger charge is 2.43. The minimum atomic E-state index is -2.24. The fourth-order valence-corrected chi connectivity index (χ4v) is 8.16. The molecular weight excluding hydrogens is 339 g/mol. The highest BCUT2D eigenvalue weighted by atomic mass is 28.3. The second kappa shape index (κ2) is 5.62. The zero-order valence-electron chi connectivity index (χ0n) is 15.4. The van der Waals surface area contributed by atoms with Crippen molar-refractivity contribution in [1.82, 2.24) is 0 Å². The van der Waals surface area contributed by atoms with Crippen LogP contribution in [0.5, 0.6) is 0 Å². The zero-order valence-corrected chi connectivity index (χ0v) is 16.4. The third-order valence-corrected chi connectivity index (χ3v) is 9.07. The number of benzene rings is 2. The number of hydrogen-bond acceptors (Lipinski definition) is 1. The molecule has 1 aliphatic heterocycles. The van der Waals surface area contributed by atoms with E-state index in [0.717, 1.165) is 22.0 Å². The molecule has 2 heterocycles. The van der Waals surface area contributed by atoms with E-state index in [-0.39, 0.29) is 5.56 Å². The minimum Gasteiger partial charge on any atom is -0.206 e. The molecule has 1 aromatic heterocycles. The van der Waals surface area contributed by atoms with Gasteiger partial charge in [0.15, 0.2) is 6.20 Å². The van der Waals surface area contributed by atoms with Crippen LogP contribution in [0.2, 0.25) is 13.1 Å². The number of halogens is 1. The highest BCUT2D eigenvalue weighted by Crippen LogP contribution is 2.35. The third kappa shape index (κ3) is 2.11. The van der Waals surface area contributed by atoms with Gasteiger partial charge in [-0.15, -0.1) is 0 Å². The van der Waals surface area contributed by atoms with Crippen molar-refractivity contribution in [2.75, 3.05) is 0 Å². The summed E-state index contributed by atoms with van der Waals surface area (Å²) in [5.74, 6) is -0.414. The van der Waals surface area contributed by atoms with Gasteiger partial charge in [-0.25, -0.2) is 8.96 Å². The monoisotopic (exact) mass is 359 g/mol. The second-order valence-electron chi connectivity index (χ2n) is 7.46. The van der Waals surface area contributed by atoms with Crippen LogP contribution in [0.15, 0.2) is 48.7 Å². The van der Waals surface area contributed by atoms with Crippen molar-refractivity contribution in [3.63, 3.8) is 0 Å². The van der Waals surface area contributed by atoms with E-state index in [2.05, 4.69) is 48.9 Å². The number of pyridine rings is 1. The van der Waals surface area contributed by atoms with Crippen molar-refractivity contribution in [3.05, 3.63) is 65.6 Å². The predicted octanol–water partition coefficient (Wildman–Crippen LogP) is 3.30. The summed E-state index contributed by atoms with van der Waals surface area (Å²) in [6.07, 6.45) is 2.05. The Morgan fingerprint density at radius 1 is 1.00 bits per heavy atom. The molecule has 26 heavy (non-hydrogen) atoms. The van der Waals surface area contributed by atoms with E-state index in [1.54, 1.807) is 0 Å². The summed E-state index contributed by atoms with van der Waals surface area (Å²) in [6.45, 7) is 6.58. The zero-order chi connectivity index (χ0) is 18.6. The molecule has 4 rings (SSSR count). The molecule has 1 aliphatic rings. The van der Waals surface area contributed by atoms with Crippen LogP contribution in [0.4, 0.5) is 4.39 Å². The van der Waals surface area contributed by atoms with Gasteiger partial charge in [-0.2, -0.15) is 5.26 Å². The van der Waals surface area contributed by atoms with Gasteiger partial charge in [-0.1, -0.05) is 31.3 Å². The van der Waals surface area contributed by atoms with Crippen molar-refractivity contribution in [2.24, 2.45) is 7.05 Å². The van der Waals surface area contributed by atoms with E-state index in [1.165, 1.54) is 22.4 Å². The fraction of sp³-hybridized carbons (Fsp3) is 0.182. The summed E-state index contributed by atoms with van der Waals surface area (Å²) in [5, 5.41) is 11.8. The highest BCUT2D eigenvalue weighted by molar-refractivity contribution is 7.05. The molecule has 0 N–H and O–H groups in total. The van der Waals surface area contributed by atoms with Crippen LogP contribution >= 0.6 is 0 Å². The lowest BCUT2D eigenvalue weighted by atomic mass is 9.96. The lowest BCUT2D eigenvalue weighted by Gasteiger charge is -2.23. The lowest BCUT2D eigenvalue weighted by molar-refractivity contribution is -0.660. The normalized spacial score (nSPS) is 13.8. The van der Waals surface area contributed by atoms with E-state index >= 15 is 0 Å². The number of aromatic nitrogens is 1. The molecule has 4 heteroatoms. The maximum Gasteiger partial charge on any atom is 0.212 e. The van der Waals surface area contributed by atoms with Crippen LogP contribution in [0.3, 0.4) is 0 Å². The molecule has 0 unspecified atom stereocenters. The van der Waals surface area contributed by atoms with E-state index in [9.17, 15) is 9.65 Å². The molecule has 2 aromatic carbocycles. The average molecular weight is 360 g/mol. The number of fused-ring (bicyclic) bond motifs is 3. The van der Waals surface area contributed by atoms with Crippen molar-refractivity contribution < 1.29 is 8.96 Å². The first-order valence-electron chi connectivity index (χ1n) is 8.70. The van der Waals surface area contributed by atoms with Gasteiger partial charge < -0.3 is 0 Å². The first-order chi connectivity index (χ1) is 12.4. The van der Waals surface area contributed by atoms with Crippen LogP contribution < -0.4 is 14.9 Å². The largest absolute Gasteiger partial charge is 0.212 e. The van der Waals surface area contributed by atoms with Gasteiger partial charge >= 0.3 is 0 Å². The summed E-state index contributed by atoms with van der Waals surface area (Å²) >= 11 is 0. The van der Waals surface area contributed by atoms with Gasteiger partial charge in [0.2, 0.25) is 5.69 Å². The predicted molar refractivity (Wildman–Crippen MR) is 105 cm³/mol. The van der Waals surface area contributed by atoms with Crippen molar-refractivity contribution in [3.8, 4) is 28.5 Å². The summed E-state index contributed by atoms with van der Waals surface area (Å²) in [7, 11) is -0.189. The van der Waals surface area contributed by atoms with Crippen molar-refractivity contribution in [2.45, 2.75) is 20.0 Å². The van der Waals surface area contributed by atoms with E-state index < -0.39 is 13.9 Å². The van der Waals surface area contributed by atoms with Gasteiger partial charge in [0.1, 0.15) is 27.0 Å². The minimum absolute atomic E-state index is 0.219. The van der Waals surface area contributed by atoms with Gasteiger partial charge in [0.05, 0.1) is 5.56 Å². The maximum atomic E-state index is 14.4. The number of nitriles is 1. The topological polar surface area (TPSA) is 27.7 Å². The quantitative estimate of drug-likeness (QED) is 0.484. The van der Waals surface area contributed by atoms with Crippen LogP contribution in [0.25, 0.3) is 22.4 Å². The van der Waals surface area contributed by atoms with E-state index in [1.807, 2.05) is 31.4 Å². The Kier molecular flexibility index (Phi) is 3.60. The Morgan fingerprint density at radius 2 is 1.69 bits per heavy atom. The molecule has 3 aromatic rings. The Labute approximate surface area is 154 Å². The number of hydrogen-bond donors (Lipinski definition) is 0. The Hall–Kier alpha value is -2.77. The summed E-state index contributed by atoms with van der Waals surface area (Å²) in [5.41, 5.74) is 5.97. The standard InChI is InChI=1S/C22H20FN2Si/c1-14-8-9-16-15-10-11-18(23)17(13-24)21(15)26(3,4)22(16)20(14)19-7-5-6-12-25(19)2/h5-12H,1-4H3/q+1. The molecule has 0 atom stereocenters. The van der Waals surface area contributed by atoms with Crippen molar-refractivity contribution in [1.29, 1.82) is 5.26 Å². The Morgan fingerprint density at radius 3 is 2.38 bits per heavy atom. The molecular formula is C22H20FN2Si+. The molecule has 0 saturated heterocycles. The van der Waals surface area contributed by atoms with Crippen LogP contribution in [0.1, 0.15) is 11.1 Å². The lowest BCUT2D eigenvalue weighted by Crippen LogP contribution is -2.52. The molecule has 0 saturated carbocycles. The number of aryl methyl sites for hydroxylation is 2. The molecule has 0 radical (unpaired) electrons. The summed E-state index contributed by atoms with van der Waals surface area (Å²) in [6, 6.07) is 15.9. The molecule has 128 valence electrons. The maximum absolute atomic E-state index is 14.4. The average Bonchev–Trinajstić information content (AvgIpc) is 2.84. The first kappa shape index (κ1) is 16.7.